The molecule has 0 radical (unpaired) electrons. The predicted molar refractivity (Wildman–Crippen MR) is 209 cm³/mol. The number of halogens is 6. The number of carbonyl (C=O) groups excluding carboxylic acids is 4. The smallest absolute Gasteiger partial charge is 0.417 e. The third-order valence-corrected chi connectivity index (χ3v) is 13.0. The highest BCUT2D eigenvalue weighted by Crippen LogP contribution is 2.65. The second-order valence-electron chi connectivity index (χ2n) is 14.6. The molecule has 15 heteroatoms. The number of hydrogen-bond donors (Lipinski definition) is 2. The van der Waals surface area contributed by atoms with Crippen LogP contribution in [0.15, 0.2) is 113 Å². The Morgan fingerprint density at radius 1 is 0.877 bits per heavy atom. The lowest BCUT2D eigenvalue weighted by Gasteiger charge is -2.50. The Balaban J connectivity index is 1.25. The Morgan fingerprint density at radius 2 is 1.60 bits per heavy atom. The lowest BCUT2D eigenvalue weighted by molar-refractivity contribution is -0.139. The maximum absolute atomic E-state index is 15.5. The van der Waals surface area contributed by atoms with Crippen LogP contribution in [0.3, 0.4) is 0 Å². The number of hydrazine groups is 1. The first-order chi connectivity index (χ1) is 27.2. The minimum Gasteiger partial charge on any atom is -0.507 e. The summed E-state index contributed by atoms with van der Waals surface area (Å²) in [6.07, 6.45) is -2.28. The van der Waals surface area contributed by atoms with Crippen LogP contribution in [0.5, 0.6) is 5.75 Å². The fraction of sp³-hybridized carbons (Fsp3) is 0.214. The quantitative estimate of drug-likeness (QED) is 0.134. The molecule has 2 aliphatic heterocycles. The molecular weight excluding hydrogens is 848 g/mol. The van der Waals surface area contributed by atoms with Crippen molar-refractivity contribution in [3.63, 3.8) is 0 Å². The third kappa shape index (κ3) is 5.60. The van der Waals surface area contributed by atoms with Gasteiger partial charge in [-0.2, -0.15) is 18.2 Å². The Hall–Kier alpha value is -5.24. The number of nitrogens with zero attached hydrogens (tertiary/aromatic N) is 3. The van der Waals surface area contributed by atoms with Gasteiger partial charge in [0.25, 0.3) is 11.8 Å². The van der Waals surface area contributed by atoms with E-state index in [1.807, 2.05) is 18.2 Å². The van der Waals surface area contributed by atoms with Crippen molar-refractivity contribution in [2.24, 2.45) is 23.7 Å². The van der Waals surface area contributed by atoms with Gasteiger partial charge >= 0.3 is 6.18 Å². The van der Waals surface area contributed by atoms with Crippen molar-refractivity contribution < 1.29 is 37.5 Å². The van der Waals surface area contributed by atoms with Gasteiger partial charge in [-0.3, -0.25) is 29.5 Å². The van der Waals surface area contributed by atoms with Gasteiger partial charge in [0, 0.05) is 32.6 Å². The maximum Gasteiger partial charge on any atom is 0.417 e. The largest absolute Gasteiger partial charge is 0.507 e. The van der Waals surface area contributed by atoms with Crippen LogP contribution in [-0.4, -0.2) is 38.7 Å². The SMILES string of the molecule is O=C1C2CC3C(=CCC4C(=O)N(c5ccc(Br)cc5)C(=O)C43)C(c3ccc4ccccc4c3O)C2(c2ccc(Cl)cc2)C(=O)N1Nc1ncc(C(F)(F)F)cc1Cl. The minimum atomic E-state index is -4.76. The zero-order valence-electron chi connectivity index (χ0n) is 29.3. The van der Waals surface area contributed by atoms with Crippen LogP contribution in [0, 0.1) is 23.7 Å². The summed E-state index contributed by atoms with van der Waals surface area (Å²) in [4.78, 5) is 64.1. The first-order valence-electron chi connectivity index (χ1n) is 17.9. The normalized spacial score (nSPS) is 25.7. The number of phenolic OH excluding ortho intramolecular Hbond substituents is 1. The number of hydrogen-bond acceptors (Lipinski definition) is 7. The Morgan fingerprint density at radius 3 is 2.30 bits per heavy atom. The highest BCUT2D eigenvalue weighted by atomic mass is 79.9. The zero-order chi connectivity index (χ0) is 40.1. The molecule has 0 spiro atoms. The van der Waals surface area contributed by atoms with Crippen LogP contribution in [0.1, 0.15) is 35.4 Å². The minimum absolute atomic E-state index is 0.0649. The highest BCUT2D eigenvalue weighted by molar-refractivity contribution is 9.10. The number of pyridine rings is 1. The van der Waals surface area contributed by atoms with Crippen molar-refractivity contribution in [3.8, 4) is 5.75 Å². The number of imide groups is 2. The molecule has 1 saturated carbocycles. The van der Waals surface area contributed by atoms with E-state index in [0.717, 1.165) is 9.48 Å². The van der Waals surface area contributed by atoms with E-state index in [4.69, 9.17) is 23.2 Å². The summed E-state index contributed by atoms with van der Waals surface area (Å²) in [7, 11) is 0. The van der Waals surface area contributed by atoms with Crippen molar-refractivity contribution in [3.05, 3.63) is 140 Å². The molecule has 9 nitrogen and oxygen atoms in total. The van der Waals surface area contributed by atoms with Crippen LogP contribution in [0.25, 0.3) is 10.8 Å². The van der Waals surface area contributed by atoms with Gasteiger partial charge in [0.05, 0.1) is 39.4 Å². The molecule has 4 aromatic carbocycles. The monoisotopic (exact) mass is 874 g/mol. The Labute approximate surface area is 341 Å². The van der Waals surface area contributed by atoms with E-state index in [1.54, 1.807) is 72.8 Å². The number of fused-ring (bicyclic) bond motifs is 5. The Bertz CT molecular complexity index is 2590. The van der Waals surface area contributed by atoms with Crippen LogP contribution < -0.4 is 10.3 Å². The standard InChI is InChI=1S/C42H28BrCl2F3N4O5/c43-23-8-12-25(13-9-23)51-37(54)28-16-15-27-30(33(28)39(51)56)18-31-38(55)52(50-36-32(45)17-22(19-49-36)42(46,47)48)40(57)41(31,21-6-10-24(44)11-7-21)34(27)29-14-5-20-3-1-2-4-26(20)35(29)53/h1-15,17,19,28,30-31,33-34,53H,16,18H2,(H,49,50). The van der Waals surface area contributed by atoms with E-state index in [-0.39, 0.29) is 30.3 Å². The molecule has 57 heavy (non-hydrogen) atoms. The molecule has 1 aromatic heterocycles. The summed E-state index contributed by atoms with van der Waals surface area (Å²) >= 11 is 16.1. The fourth-order valence-corrected chi connectivity index (χ4v) is 10.1. The summed E-state index contributed by atoms with van der Waals surface area (Å²) in [6, 6.07) is 24.5. The van der Waals surface area contributed by atoms with Crippen LogP contribution in [0.4, 0.5) is 24.7 Å². The first-order valence-corrected chi connectivity index (χ1v) is 19.4. The van der Waals surface area contributed by atoms with Crippen molar-refractivity contribution >= 4 is 85.0 Å². The van der Waals surface area contributed by atoms with Crippen LogP contribution in [0.2, 0.25) is 10.0 Å². The highest BCUT2D eigenvalue weighted by Gasteiger charge is 2.70. The number of phenols is 1. The number of rotatable bonds is 5. The van der Waals surface area contributed by atoms with Crippen molar-refractivity contribution in [1.82, 2.24) is 9.99 Å². The zero-order valence-corrected chi connectivity index (χ0v) is 32.4. The Kier molecular flexibility index (Phi) is 8.79. The molecule has 2 aliphatic carbocycles. The average molecular weight is 877 g/mol. The summed E-state index contributed by atoms with van der Waals surface area (Å²) < 4.78 is 41.4. The number of aromatic hydroxyl groups is 1. The molecule has 2 saturated heterocycles. The predicted octanol–water partition coefficient (Wildman–Crippen LogP) is 9.22. The van der Waals surface area contributed by atoms with Gasteiger partial charge in [-0.1, -0.05) is 99.3 Å². The van der Waals surface area contributed by atoms with Crippen molar-refractivity contribution in [2.75, 3.05) is 10.3 Å². The summed E-state index contributed by atoms with van der Waals surface area (Å²) in [5, 5.41) is 13.9. The fourth-order valence-electron chi connectivity index (χ4n) is 9.48. The summed E-state index contributed by atoms with van der Waals surface area (Å²) in [6.45, 7) is 0. The molecule has 3 heterocycles. The molecule has 5 aromatic rings. The van der Waals surface area contributed by atoms with Gasteiger partial charge in [-0.25, -0.2) is 4.98 Å². The van der Waals surface area contributed by atoms with Gasteiger partial charge in [0.2, 0.25) is 11.8 Å². The molecule has 9 rings (SSSR count). The van der Waals surface area contributed by atoms with Gasteiger partial charge in [-0.05, 0) is 72.2 Å². The molecule has 3 fully saturated rings. The molecular formula is C42H28BrCl2F3N4O5. The number of nitrogens with one attached hydrogen (secondary N) is 1. The van der Waals surface area contributed by atoms with Crippen LogP contribution in [-0.2, 0) is 30.8 Å². The molecule has 4 amide bonds. The molecule has 288 valence electrons. The summed E-state index contributed by atoms with van der Waals surface area (Å²) in [5.41, 5.74) is 1.35. The van der Waals surface area contributed by atoms with Crippen molar-refractivity contribution in [2.45, 2.75) is 30.4 Å². The van der Waals surface area contributed by atoms with Gasteiger partial charge < -0.3 is 5.11 Å². The average Bonchev–Trinajstić information content (AvgIpc) is 3.57. The van der Waals surface area contributed by atoms with Gasteiger partial charge in [0.1, 0.15) is 5.75 Å². The summed E-state index contributed by atoms with van der Waals surface area (Å²) in [5.74, 6) is -7.64. The molecule has 2 N–H and O–H groups in total. The number of amides is 4. The molecule has 4 aliphatic rings. The lowest BCUT2D eigenvalue weighted by atomic mass is 9.49. The van der Waals surface area contributed by atoms with Crippen LogP contribution >= 0.6 is 39.1 Å². The molecule has 0 bridgehead atoms. The molecule has 6 unspecified atom stereocenters. The van der Waals surface area contributed by atoms with Crippen molar-refractivity contribution in [1.29, 1.82) is 0 Å². The maximum atomic E-state index is 15.5. The van der Waals surface area contributed by atoms with Gasteiger partial charge in [0.15, 0.2) is 5.82 Å². The van der Waals surface area contributed by atoms with Gasteiger partial charge in [-0.15, -0.1) is 0 Å². The second kappa shape index (κ2) is 13.4. The first kappa shape index (κ1) is 37.3. The van der Waals surface area contributed by atoms with E-state index >= 15 is 4.79 Å². The number of alkyl halides is 3. The lowest BCUT2D eigenvalue weighted by Crippen LogP contribution is -2.53. The number of aromatic nitrogens is 1. The van der Waals surface area contributed by atoms with E-state index in [0.29, 0.717) is 50.4 Å². The number of allylic oxidation sites excluding steroid dienone is 2. The number of benzene rings is 4. The number of anilines is 2. The van der Waals surface area contributed by atoms with E-state index in [9.17, 15) is 32.7 Å². The second-order valence-corrected chi connectivity index (χ2v) is 16.4. The topological polar surface area (TPSA) is 120 Å². The van der Waals surface area contributed by atoms with E-state index in [1.165, 1.54) is 4.90 Å². The van der Waals surface area contributed by atoms with E-state index in [2.05, 4.69) is 26.3 Å². The number of carbonyl (C=O) groups is 4. The van der Waals surface area contributed by atoms with E-state index < -0.39 is 69.5 Å². The molecule has 6 atom stereocenters. The third-order valence-electron chi connectivity index (χ3n) is 11.9.